The Morgan fingerprint density at radius 1 is 1.21 bits per heavy atom. The lowest BCUT2D eigenvalue weighted by Gasteiger charge is -2.13. The first-order valence-corrected chi connectivity index (χ1v) is 10.6. The molecule has 0 bridgehead atoms. The number of carbonyl (C=O) groups excluding carboxylic acids is 2. The monoisotopic (exact) mass is 409 g/mol. The number of benzene rings is 2. The highest BCUT2D eigenvalue weighted by Gasteiger charge is 2.24. The Balaban J connectivity index is 1.57. The minimum atomic E-state index is -0.307. The molecule has 2 N–H and O–H groups in total. The smallest absolute Gasteiger partial charge is 0.261 e. The number of carbonyl (C=O) groups is 2. The van der Waals surface area contributed by atoms with Gasteiger partial charge in [-0.15, -0.1) is 11.3 Å². The van der Waals surface area contributed by atoms with E-state index >= 15 is 0 Å². The summed E-state index contributed by atoms with van der Waals surface area (Å²) >= 11 is 1.39. The van der Waals surface area contributed by atoms with E-state index in [1.54, 1.807) is 12.1 Å². The molecule has 2 aromatic carbocycles. The first-order chi connectivity index (χ1) is 14.0. The Morgan fingerprint density at radius 2 is 1.93 bits per heavy atom. The minimum absolute atomic E-state index is 0.121. The highest BCUT2D eigenvalue weighted by molar-refractivity contribution is 7.14. The van der Waals surface area contributed by atoms with Gasteiger partial charge in [0.25, 0.3) is 11.8 Å². The number of thiazole rings is 1. The van der Waals surface area contributed by atoms with Gasteiger partial charge in [-0.05, 0) is 41.7 Å². The van der Waals surface area contributed by atoms with E-state index in [1.165, 1.54) is 11.3 Å². The number of aromatic nitrogens is 1. The zero-order valence-corrected chi connectivity index (χ0v) is 17.2. The van der Waals surface area contributed by atoms with Gasteiger partial charge in [0, 0.05) is 11.4 Å². The van der Waals surface area contributed by atoms with Gasteiger partial charge in [-0.2, -0.15) is 0 Å². The maximum Gasteiger partial charge on any atom is 0.261 e. The molecular formula is C22H23N3O3S. The van der Waals surface area contributed by atoms with Crippen molar-refractivity contribution in [1.29, 1.82) is 0 Å². The molecule has 29 heavy (non-hydrogen) atoms. The Kier molecular flexibility index (Phi) is 5.49. The lowest BCUT2D eigenvalue weighted by molar-refractivity contribution is -0.123. The van der Waals surface area contributed by atoms with Crippen LogP contribution in [0.5, 0.6) is 5.75 Å². The van der Waals surface area contributed by atoms with Crippen LogP contribution in [0, 0.1) is 0 Å². The van der Waals surface area contributed by atoms with Crippen molar-refractivity contribution in [3.63, 3.8) is 0 Å². The van der Waals surface area contributed by atoms with Crippen LogP contribution >= 0.6 is 11.3 Å². The second-order valence-corrected chi connectivity index (χ2v) is 8.37. The predicted molar refractivity (Wildman–Crippen MR) is 115 cm³/mol. The van der Waals surface area contributed by atoms with E-state index < -0.39 is 0 Å². The average Bonchev–Trinajstić information content (AvgIpc) is 3.39. The van der Waals surface area contributed by atoms with Crippen LogP contribution in [0.2, 0.25) is 0 Å². The number of anilines is 1. The van der Waals surface area contributed by atoms with Crippen molar-refractivity contribution in [1.82, 2.24) is 10.3 Å². The molecule has 3 aromatic rings. The maximum atomic E-state index is 13.0. The summed E-state index contributed by atoms with van der Waals surface area (Å²) in [7, 11) is 0. The van der Waals surface area contributed by atoms with Gasteiger partial charge in [-0.3, -0.25) is 14.9 Å². The summed E-state index contributed by atoms with van der Waals surface area (Å²) in [6, 6.07) is 11.6. The third-order valence-electron chi connectivity index (χ3n) is 4.73. The van der Waals surface area contributed by atoms with E-state index in [1.807, 2.05) is 29.6 Å². The van der Waals surface area contributed by atoms with Gasteiger partial charge < -0.3 is 10.1 Å². The molecule has 6 nitrogen and oxygen atoms in total. The molecule has 1 saturated carbocycles. The Hall–Kier alpha value is -2.93. The fraction of sp³-hybridized carbons (Fsp3) is 0.318. The van der Waals surface area contributed by atoms with Crippen molar-refractivity contribution in [2.45, 2.75) is 38.6 Å². The molecule has 1 aliphatic rings. The van der Waals surface area contributed by atoms with Crippen molar-refractivity contribution in [2.75, 3.05) is 11.9 Å². The number of nitrogens with one attached hydrogen (secondary N) is 2. The predicted octanol–water partition coefficient (Wildman–Crippen LogP) is 4.33. The van der Waals surface area contributed by atoms with Crippen LogP contribution in [0.1, 0.15) is 48.7 Å². The van der Waals surface area contributed by atoms with E-state index in [4.69, 9.17) is 4.74 Å². The zero-order chi connectivity index (χ0) is 20.4. The van der Waals surface area contributed by atoms with Crippen LogP contribution in [0.3, 0.4) is 0 Å². The highest BCUT2D eigenvalue weighted by atomic mass is 32.1. The Bertz CT molecular complexity index is 1060. The molecule has 1 aliphatic carbocycles. The number of amides is 2. The summed E-state index contributed by atoms with van der Waals surface area (Å²) in [6.45, 7) is 4.00. The molecular weight excluding hydrogens is 386 g/mol. The van der Waals surface area contributed by atoms with Gasteiger partial charge in [0.2, 0.25) is 0 Å². The summed E-state index contributed by atoms with van der Waals surface area (Å²) in [4.78, 5) is 29.5. The van der Waals surface area contributed by atoms with E-state index in [0.717, 1.165) is 29.3 Å². The van der Waals surface area contributed by atoms with Crippen LogP contribution in [0.25, 0.3) is 10.8 Å². The van der Waals surface area contributed by atoms with Crippen molar-refractivity contribution >= 4 is 39.1 Å². The molecule has 0 atom stereocenters. The largest absolute Gasteiger partial charge is 0.483 e. The average molecular weight is 410 g/mol. The lowest BCUT2D eigenvalue weighted by Crippen LogP contribution is -2.30. The number of rotatable bonds is 7. The number of fused-ring (bicyclic) bond motifs is 1. The Morgan fingerprint density at radius 3 is 2.59 bits per heavy atom. The van der Waals surface area contributed by atoms with Crippen LogP contribution in [-0.4, -0.2) is 29.4 Å². The molecule has 4 rings (SSSR count). The molecule has 0 spiro atoms. The molecule has 0 unspecified atom stereocenters. The van der Waals surface area contributed by atoms with Crippen LogP contribution in [0.4, 0.5) is 5.13 Å². The quantitative estimate of drug-likeness (QED) is 0.609. The number of nitrogens with zero attached hydrogens (tertiary/aromatic N) is 1. The fourth-order valence-corrected chi connectivity index (χ4v) is 3.80. The first-order valence-electron chi connectivity index (χ1n) is 9.71. The maximum absolute atomic E-state index is 13.0. The van der Waals surface area contributed by atoms with Gasteiger partial charge in [-0.25, -0.2) is 4.98 Å². The standard InChI is InChI=1S/C22H23N3O3S/c1-13(2)18-12-29-22(24-18)25-21(27)17-9-14-5-3-4-6-15(14)10-19(17)28-11-20(26)23-16-7-8-16/h3-6,9-10,12-13,16H,7-8,11H2,1-2H3,(H,23,26)(H,24,25,27). The molecule has 1 heterocycles. The summed E-state index contributed by atoms with van der Waals surface area (Å²) in [6.07, 6.45) is 2.03. The van der Waals surface area contributed by atoms with Crippen molar-refractivity contribution in [2.24, 2.45) is 0 Å². The number of ether oxygens (including phenoxy) is 1. The number of hydrogen-bond acceptors (Lipinski definition) is 5. The zero-order valence-electron chi connectivity index (χ0n) is 16.4. The van der Waals surface area contributed by atoms with Crippen LogP contribution in [-0.2, 0) is 4.79 Å². The SMILES string of the molecule is CC(C)c1csc(NC(=O)c2cc3ccccc3cc2OCC(=O)NC2CC2)n1. The second kappa shape index (κ2) is 8.21. The molecule has 150 valence electrons. The van der Waals surface area contributed by atoms with Crippen molar-refractivity contribution in [3.8, 4) is 5.75 Å². The van der Waals surface area contributed by atoms with E-state index in [9.17, 15) is 9.59 Å². The second-order valence-electron chi connectivity index (χ2n) is 7.51. The number of hydrogen-bond donors (Lipinski definition) is 2. The van der Waals surface area contributed by atoms with Gasteiger partial charge >= 0.3 is 0 Å². The van der Waals surface area contributed by atoms with E-state index in [-0.39, 0.29) is 24.5 Å². The van der Waals surface area contributed by atoms with Crippen LogP contribution in [0.15, 0.2) is 41.8 Å². The molecule has 1 aromatic heterocycles. The molecule has 1 fully saturated rings. The highest BCUT2D eigenvalue weighted by Crippen LogP contribution is 2.28. The molecule has 2 amide bonds. The lowest BCUT2D eigenvalue weighted by atomic mass is 10.1. The third kappa shape index (κ3) is 4.74. The Labute approximate surface area is 173 Å². The first kappa shape index (κ1) is 19.4. The molecule has 0 saturated heterocycles. The fourth-order valence-electron chi connectivity index (χ4n) is 2.93. The topological polar surface area (TPSA) is 80.3 Å². The van der Waals surface area contributed by atoms with E-state index in [2.05, 4.69) is 29.5 Å². The van der Waals surface area contributed by atoms with Crippen LogP contribution < -0.4 is 15.4 Å². The molecule has 0 radical (unpaired) electrons. The summed E-state index contributed by atoms with van der Waals surface area (Å²) in [5.74, 6) is 0.195. The molecule has 0 aliphatic heterocycles. The minimum Gasteiger partial charge on any atom is -0.483 e. The third-order valence-corrected chi connectivity index (χ3v) is 5.50. The van der Waals surface area contributed by atoms with Crippen molar-refractivity contribution in [3.05, 3.63) is 53.0 Å². The van der Waals surface area contributed by atoms with Crippen molar-refractivity contribution < 1.29 is 14.3 Å². The normalized spacial score (nSPS) is 13.5. The van der Waals surface area contributed by atoms with E-state index in [0.29, 0.717) is 22.4 Å². The van der Waals surface area contributed by atoms with Gasteiger partial charge in [0.15, 0.2) is 11.7 Å². The summed E-state index contributed by atoms with van der Waals surface area (Å²) in [5.41, 5.74) is 1.32. The van der Waals surface area contributed by atoms with Gasteiger partial charge in [0.1, 0.15) is 5.75 Å². The van der Waals surface area contributed by atoms with Gasteiger partial charge in [0.05, 0.1) is 11.3 Å². The summed E-state index contributed by atoms with van der Waals surface area (Å²) < 4.78 is 5.75. The summed E-state index contributed by atoms with van der Waals surface area (Å²) in [5, 5.41) is 10.1. The van der Waals surface area contributed by atoms with Gasteiger partial charge in [-0.1, -0.05) is 38.1 Å². The molecule has 7 heteroatoms.